The van der Waals surface area contributed by atoms with E-state index in [1.165, 1.54) is 17.0 Å². The van der Waals surface area contributed by atoms with Crippen LogP contribution in [0.15, 0.2) is 24.3 Å². The first-order valence-corrected chi connectivity index (χ1v) is 8.65. The Hall–Kier alpha value is -1.99. The molecule has 2 amide bonds. The number of rotatable bonds is 3. The lowest BCUT2D eigenvalue weighted by molar-refractivity contribution is -0.168. The van der Waals surface area contributed by atoms with Crippen molar-refractivity contribution in [1.29, 1.82) is 0 Å². The van der Waals surface area contributed by atoms with Gasteiger partial charge in [0.25, 0.3) is 5.91 Å². The van der Waals surface area contributed by atoms with E-state index in [1.807, 2.05) is 0 Å². The van der Waals surface area contributed by atoms with Crippen molar-refractivity contribution in [2.75, 3.05) is 46.4 Å². The molecule has 136 valence electrons. The maximum atomic E-state index is 13.3. The van der Waals surface area contributed by atoms with Crippen molar-refractivity contribution in [3.63, 3.8) is 0 Å². The molecule has 0 bridgehead atoms. The molecule has 0 unspecified atom stereocenters. The zero-order valence-electron chi connectivity index (χ0n) is 14.7. The average Bonchev–Trinajstić information content (AvgIpc) is 2.64. The van der Waals surface area contributed by atoms with Gasteiger partial charge in [0.2, 0.25) is 5.91 Å². The second kappa shape index (κ2) is 7.49. The second-order valence-corrected chi connectivity index (χ2v) is 6.49. The summed E-state index contributed by atoms with van der Waals surface area (Å²) in [5.74, 6) is -0.647. The summed E-state index contributed by atoms with van der Waals surface area (Å²) in [4.78, 5) is 30.7. The van der Waals surface area contributed by atoms with Crippen LogP contribution in [0.2, 0.25) is 0 Å². The molecule has 7 heteroatoms. The summed E-state index contributed by atoms with van der Waals surface area (Å²) in [6, 6.07) is 5.34. The summed E-state index contributed by atoms with van der Waals surface area (Å²) < 4.78 is 18.9. The number of hydrogen-bond acceptors (Lipinski definition) is 4. The van der Waals surface area contributed by atoms with Gasteiger partial charge in [0.15, 0.2) is 6.10 Å². The van der Waals surface area contributed by atoms with Gasteiger partial charge in [-0.05, 0) is 24.2 Å². The molecule has 0 saturated carbocycles. The van der Waals surface area contributed by atoms with Crippen molar-refractivity contribution in [3.8, 4) is 0 Å². The Morgan fingerprint density at radius 3 is 2.44 bits per heavy atom. The summed E-state index contributed by atoms with van der Waals surface area (Å²) in [5.41, 5.74) is 0.697. The van der Waals surface area contributed by atoms with Gasteiger partial charge in [0, 0.05) is 33.2 Å². The van der Waals surface area contributed by atoms with E-state index < -0.39 is 12.1 Å². The zero-order chi connectivity index (χ0) is 18.0. The van der Waals surface area contributed by atoms with E-state index in [1.54, 1.807) is 24.1 Å². The van der Waals surface area contributed by atoms with Crippen LogP contribution in [-0.2, 0) is 14.3 Å². The number of carbonyl (C=O) groups excluding carboxylic acids is 2. The van der Waals surface area contributed by atoms with Crippen LogP contribution >= 0.6 is 0 Å². The molecule has 2 heterocycles. The lowest BCUT2D eigenvalue weighted by Crippen LogP contribution is -2.57. The first-order valence-electron chi connectivity index (χ1n) is 8.65. The number of benzene rings is 1. The molecule has 25 heavy (non-hydrogen) atoms. The number of amides is 2. The van der Waals surface area contributed by atoms with Crippen LogP contribution in [0.25, 0.3) is 0 Å². The third-order valence-electron chi connectivity index (χ3n) is 5.07. The molecule has 0 aliphatic carbocycles. The number of halogens is 1. The number of hydrogen-bond donors (Lipinski definition) is 0. The summed E-state index contributed by atoms with van der Waals surface area (Å²) in [6.45, 7) is 5.94. The standard InChI is InChI=1S/C18H24FN3O3/c1-3-21-8-10-22(11-9-21)18(24)17-16(20(2)15(23)12-25-17)13-4-6-14(19)7-5-13/h4-7,16-17H,3,8-12H2,1-2H3/t16-,17-/m1/s1. The summed E-state index contributed by atoms with van der Waals surface area (Å²) in [6.07, 6.45) is -0.763. The third kappa shape index (κ3) is 3.67. The molecule has 0 aromatic heterocycles. The van der Waals surface area contributed by atoms with Crippen LogP contribution in [0, 0.1) is 5.82 Å². The SMILES string of the molecule is CCN1CCN(C(=O)[C@@H]2OCC(=O)N(C)[C@@H]2c2ccc(F)cc2)CC1. The number of carbonyl (C=O) groups is 2. The molecule has 3 rings (SSSR count). The van der Waals surface area contributed by atoms with Crippen molar-refractivity contribution >= 4 is 11.8 Å². The molecule has 0 spiro atoms. The van der Waals surface area contributed by atoms with Crippen LogP contribution in [0.3, 0.4) is 0 Å². The maximum Gasteiger partial charge on any atom is 0.254 e. The topological polar surface area (TPSA) is 53.1 Å². The Bertz CT molecular complexity index is 629. The summed E-state index contributed by atoms with van der Waals surface area (Å²) >= 11 is 0. The molecule has 2 saturated heterocycles. The molecule has 2 aliphatic rings. The van der Waals surface area contributed by atoms with Gasteiger partial charge in [-0.25, -0.2) is 4.39 Å². The van der Waals surface area contributed by atoms with Crippen molar-refractivity contribution in [3.05, 3.63) is 35.6 Å². The number of piperazine rings is 1. The highest BCUT2D eigenvalue weighted by Crippen LogP contribution is 2.30. The van der Waals surface area contributed by atoms with E-state index in [0.717, 1.165) is 19.6 Å². The number of likely N-dealkylation sites (N-methyl/N-ethyl adjacent to an activating group) is 2. The van der Waals surface area contributed by atoms with E-state index in [9.17, 15) is 14.0 Å². The fourth-order valence-corrected chi connectivity index (χ4v) is 3.44. The minimum absolute atomic E-state index is 0.107. The minimum Gasteiger partial charge on any atom is -0.356 e. The first kappa shape index (κ1) is 17.8. The van der Waals surface area contributed by atoms with Gasteiger partial charge >= 0.3 is 0 Å². The molecule has 6 nitrogen and oxygen atoms in total. The lowest BCUT2D eigenvalue weighted by Gasteiger charge is -2.42. The minimum atomic E-state index is -0.763. The molecule has 1 aromatic carbocycles. The fourth-order valence-electron chi connectivity index (χ4n) is 3.44. The van der Waals surface area contributed by atoms with Gasteiger partial charge in [-0.1, -0.05) is 19.1 Å². The van der Waals surface area contributed by atoms with Crippen LogP contribution in [-0.4, -0.2) is 79.0 Å². The second-order valence-electron chi connectivity index (χ2n) is 6.49. The monoisotopic (exact) mass is 349 g/mol. The predicted octanol–water partition coefficient (Wildman–Crippen LogP) is 0.888. The Labute approximate surface area is 147 Å². The normalized spacial score (nSPS) is 25.3. The highest BCUT2D eigenvalue weighted by molar-refractivity contribution is 5.86. The Balaban J connectivity index is 1.81. The highest BCUT2D eigenvalue weighted by atomic mass is 19.1. The highest BCUT2D eigenvalue weighted by Gasteiger charge is 2.42. The van der Waals surface area contributed by atoms with Crippen LogP contribution in [0.5, 0.6) is 0 Å². The van der Waals surface area contributed by atoms with Gasteiger partial charge in [-0.2, -0.15) is 0 Å². The molecule has 0 N–H and O–H groups in total. The molecule has 2 aliphatic heterocycles. The van der Waals surface area contributed by atoms with Gasteiger partial charge in [-0.3, -0.25) is 9.59 Å². The van der Waals surface area contributed by atoms with E-state index >= 15 is 0 Å². The average molecular weight is 349 g/mol. The van der Waals surface area contributed by atoms with Crippen molar-refractivity contribution < 1.29 is 18.7 Å². The summed E-state index contributed by atoms with van der Waals surface area (Å²) in [5, 5.41) is 0. The van der Waals surface area contributed by atoms with E-state index in [4.69, 9.17) is 4.74 Å². The summed E-state index contributed by atoms with van der Waals surface area (Å²) in [7, 11) is 1.66. The van der Waals surface area contributed by atoms with E-state index in [-0.39, 0.29) is 24.2 Å². The molecular weight excluding hydrogens is 325 g/mol. The van der Waals surface area contributed by atoms with Gasteiger partial charge in [-0.15, -0.1) is 0 Å². The Morgan fingerprint density at radius 1 is 1.20 bits per heavy atom. The van der Waals surface area contributed by atoms with Gasteiger partial charge < -0.3 is 19.4 Å². The molecule has 0 radical (unpaired) electrons. The van der Waals surface area contributed by atoms with Crippen molar-refractivity contribution in [2.45, 2.75) is 19.1 Å². The molecule has 2 atom stereocenters. The quantitative estimate of drug-likeness (QED) is 0.813. The van der Waals surface area contributed by atoms with E-state index in [2.05, 4.69) is 11.8 Å². The van der Waals surface area contributed by atoms with Gasteiger partial charge in [0.1, 0.15) is 12.4 Å². The third-order valence-corrected chi connectivity index (χ3v) is 5.07. The molecule has 2 fully saturated rings. The first-order chi connectivity index (χ1) is 12.0. The molecule has 1 aromatic rings. The Morgan fingerprint density at radius 2 is 1.84 bits per heavy atom. The smallest absolute Gasteiger partial charge is 0.254 e. The van der Waals surface area contributed by atoms with E-state index in [0.29, 0.717) is 18.7 Å². The number of nitrogens with zero attached hydrogens (tertiary/aromatic N) is 3. The van der Waals surface area contributed by atoms with Crippen LogP contribution in [0.1, 0.15) is 18.5 Å². The lowest BCUT2D eigenvalue weighted by atomic mass is 9.97. The fraction of sp³-hybridized carbons (Fsp3) is 0.556. The predicted molar refractivity (Wildman–Crippen MR) is 90.3 cm³/mol. The zero-order valence-corrected chi connectivity index (χ0v) is 14.7. The number of ether oxygens (including phenoxy) is 1. The maximum absolute atomic E-state index is 13.3. The largest absolute Gasteiger partial charge is 0.356 e. The van der Waals surface area contributed by atoms with Crippen molar-refractivity contribution in [2.24, 2.45) is 0 Å². The van der Waals surface area contributed by atoms with Crippen molar-refractivity contribution in [1.82, 2.24) is 14.7 Å². The van der Waals surface area contributed by atoms with Crippen LogP contribution < -0.4 is 0 Å². The molecular formula is C18H24FN3O3. The van der Waals surface area contributed by atoms with Gasteiger partial charge in [0.05, 0.1) is 6.04 Å². The van der Waals surface area contributed by atoms with Crippen LogP contribution in [0.4, 0.5) is 4.39 Å². The Kier molecular flexibility index (Phi) is 5.34. The number of morpholine rings is 1.